The van der Waals surface area contributed by atoms with Gasteiger partial charge in [0.25, 0.3) is 0 Å². The first-order valence-electron chi connectivity index (χ1n) is 5.85. The van der Waals surface area contributed by atoms with E-state index >= 15 is 0 Å². The number of nitrogen functional groups attached to an aromatic ring is 1. The summed E-state index contributed by atoms with van der Waals surface area (Å²) in [6, 6.07) is 11.4. The van der Waals surface area contributed by atoms with E-state index in [1.165, 1.54) is 18.2 Å². The standard InChI is InChI=1S/C14H15ClFN3/c15-10-3-1-9(2-4-10)7-14(19-18)12-8-11(16)5-6-13(12)17/h1-6,8,14,19H,7,17-18H2. The maximum Gasteiger partial charge on any atom is 0.123 e. The molecular weight excluding hydrogens is 265 g/mol. The van der Waals surface area contributed by atoms with Gasteiger partial charge in [0.2, 0.25) is 0 Å². The van der Waals surface area contributed by atoms with Gasteiger partial charge in [-0.2, -0.15) is 0 Å². The van der Waals surface area contributed by atoms with Crippen molar-refractivity contribution >= 4 is 17.3 Å². The number of hydrazine groups is 1. The summed E-state index contributed by atoms with van der Waals surface area (Å²) in [7, 11) is 0. The van der Waals surface area contributed by atoms with Gasteiger partial charge in [0.15, 0.2) is 0 Å². The van der Waals surface area contributed by atoms with Gasteiger partial charge in [-0.25, -0.2) is 4.39 Å². The smallest absolute Gasteiger partial charge is 0.123 e. The first-order chi connectivity index (χ1) is 9.10. The van der Waals surface area contributed by atoms with Crippen LogP contribution in [-0.4, -0.2) is 0 Å². The molecule has 3 nitrogen and oxygen atoms in total. The third-order valence-electron chi connectivity index (χ3n) is 2.98. The number of halogens is 2. The van der Waals surface area contributed by atoms with Crippen LogP contribution in [0, 0.1) is 5.82 Å². The minimum absolute atomic E-state index is 0.253. The topological polar surface area (TPSA) is 64.1 Å². The highest BCUT2D eigenvalue weighted by atomic mass is 35.5. The first-order valence-corrected chi connectivity index (χ1v) is 6.23. The van der Waals surface area contributed by atoms with Crippen LogP contribution < -0.4 is 17.0 Å². The SMILES string of the molecule is NNC(Cc1ccc(Cl)cc1)c1cc(F)ccc1N. The summed E-state index contributed by atoms with van der Waals surface area (Å²) in [6.45, 7) is 0. The van der Waals surface area contributed by atoms with Crippen LogP contribution in [0.25, 0.3) is 0 Å². The Morgan fingerprint density at radius 3 is 2.47 bits per heavy atom. The molecule has 0 radical (unpaired) electrons. The van der Waals surface area contributed by atoms with E-state index in [2.05, 4.69) is 5.43 Å². The van der Waals surface area contributed by atoms with Crippen LogP contribution in [0.15, 0.2) is 42.5 Å². The molecule has 1 unspecified atom stereocenters. The molecule has 2 aromatic rings. The van der Waals surface area contributed by atoms with Gasteiger partial charge < -0.3 is 5.73 Å². The Balaban J connectivity index is 2.24. The summed E-state index contributed by atoms with van der Waals surface area (Å²) in [6.07, 6.45) is 0.599. The van der Waals surface area contributed by atoms with Gasteiger partial charge in [-0.1, -0.05) is 23.7 Å². The molecule has 0 aliphatic rings. The maximum absolute atomic E-state index is 13.3. The molecule has 1 atom stereocenters. The third-order valence-corrected chi connectivity index (χ3v) is 3.23. The minimum atomic E-state index is -0.333. The monoisotopic (exact) mass is 279 g/mol. The molecule has 0 fully saturated rings. The number of nitrogens with one attached hydrogen (secondary N) is 1. The van der Waals surface area contributed by atoms with E-state index in [0.29, 0.717) is 22.7 Å². The zero-order valence-corrected chi connectivity index (χ0v) is 11.0. The Morgan fingerprint density at radius 1 is 1.16 bits per heavy atom. The number of benzene rings is 2. The highest BCUT2D eigenvalue weighted by molar-refractivity contribution is 6.30. The first kappa shape index (κ1) is 13.8. The Kier molecular flexibility index (Phi) is 4.37. The van der Waals surface area contributed by atoms with Crippen LogP contribution in [0.4, 0.5) is 10.1 Å². The molecule has 0 spiro atoms. The number of hydrogen-bond acceptors (Lipinski definition) is 3. The Hall–Kier alpha value is -1.62. The lowest BCUT2D eigenvalue weighted by Gasteiger charge is -2.18. The lowest BCUT2D eigenvalue weighted by Crippen LogP contribution is -2.30. The van der Waals surface area contributed by atoms with Crippen molar-refractivity contribution in [3.8, 4) is 0 Å². The summed E-state index contributed by atoms with van der Waals surface area (Å²) in [5.41, 5.74) is 10.7. The number of anilines is 1. The fourth-order valence-corrected chi connectivity index (χ4v) is 2.09. The van der Waals surface area contributed by atoms with Crippen molar-refractivity contribution in [1.82, 2.24) is 5.43 Å². The quantitative estimate of drug-likeness (QED) is 0.458. The van der Waals surface area contributed by atoms with Gasteiger partial charge in [0.1, 0.15) is 5.82 Å². The van der Waals surface area contributed by atoms with Crippen LogP contribution in [0.5, 0.6) is 0 Å². The molecule has 0 amide bonds. The van der Waals surface area contributed by atoms with E-state index in [4.69, 9.17) is 23.2 Å². The molecule has 5 heteroatoms. The van der Waals surface area contributed by atoms with Crippen LogP contribution in [0.1, 0.15) is 17.2 Å². The lowest BCUT2D eigenvalue weighted by molar-refractivity contribution is 0.546. The summed E-state index contributed by atoms with van der Waals surface area (Å²) < 4.78 is 13.3. The third kappa shape index (κ3) is 3.44. The maximum atomic E-state index is 13.3. The number of hydrogen-bond donors (Lipinski definition) is 3. The molecule has 0 aromatic heterocycles. The normalized spacial score (nSPS) is 12.4. The Labute approximate surface area is 116 Å². The molecule has 0 saturated heterocycles. The zero-order valence-electron chi connectivity index (χ0n) is 10.2. The highest BCUT2D eigenvalue weighted by Crippen LogP contribution is 2.24. The molecule has 5 N–H and O–H groups in total. The van der Waals surface area contributed by atoms with E-state index < -0.39 is 0 Å². The molecule has 0 aliphatic carbocycles. The second-order valence-electron chi connectivity index (χ2n) is 4.32. The molecule has 100 valence electrons. The summed E-state index contributed by atoms with van der Waals surface area (Å²) in [4.78, 5) is 0. The fraction of sp³-hybridized carbons (Fsp3) is 0.143. The second kappa shape index (κ2) is 6.02. The minimum Gasteiger partial charge on any atom is -0.398 e. The van der Waals surface area contributed by atoms with E-state index in [1.54, 1.807) is 12.1 Å². The van der Waals surface area contributed by atoms with Crippen LogP contribution in [0.3, 0.4) is 0 Å². The van der Waals surface area contributed by atoms with Crippen molar-refractivity contribution in [1.29, 1.82) is 0 Å². The highest BCUT2D eigenvalue weighted by Gasteiger charge is 2.14. The lowest BCUT2D eigenvalue weighted by atomic mass is 9.98. The average Bonchev–Trinajstić information content (AvgIpc) is 2.41. The molecule has 0 bridgehead atoms. The van der Waals surface area contributed by atoms with Crippen molar-refractivity contribution in [3.05, 3.63) is 64.4 Å². The van der Waals surface area contributed by atoms with Crippen molar-refractivity contribution in [2.75, 3.05) is 5.73 Å². The molecule has 0 saturated carbocycles. The number of nitrogens with two attached hydrogens (primary N) is 2. The predicted molar refractivity (Wildman–Crippen MR) is 76.0 cm³/mol. The van der Waals surface area contributed by atoms with Gasteiger partial charge in [0.05, 0.1) is 6.04 Å². The molecule has 19 heavy (non-hydrogen) atoms. The molecule has 0 aliphatic heterocycles. The zero-order chi connectivity index (χ0) is 13.8. The van der Waals surface area contributed by atoms with Crippen molar-refractivity contribution in [2.24, 2.45) is 5.84 Å². The molecule has 2 aromatic carbocycles. The Morgan fingerprint density at radius 2 is 1.84 bits per heavy atom. The van der Waals surface area contributed by atoms with E-state index in [-0.39, 0.29) is 11.9 Å². The number of rotatable bonds is 4. The van der Waals surface area contributed by atoms with Gasteiger partial charge in [-0.05, 0) is 47.9 Å². The van der Waals surface area contributed by atoms with Crippen LogP contribution >= 0.6 is 11.6 Å². The van der Waals surface area contributed by atoms with Crippen molar-refractivity contribution < 1.29 is 4.39 Å². The Bertz CT molecular complexity index is 557. The fourth-order valence-electron chi connectivity index (χ4n) is 1.96. The summed E-state index contributed by atoms with van der Waals surface area (Å²) >= 11 is 5.84. The van der Waals surface area contributed by atoms with Gasteiger partial charge >= 0.3 is 0 Å². The van der Waals surface area contributed by atoms with Crippen molar-refractivity contribution in [3.63, 3.8) is 0 Å². The predicted octanol–water partition coefficient (Wildman–Crippen LogP) is 2.81. The summed E-state index contributed by atoms with van der Waals surface area (Å²) in [5, 5.41) is 0.672. The second-order valence-corrected chi connectivity index (χ2v) is 4.76. The molecule has 0 heterocycles. The van der Waals surface area contributed by atoms with E-state index in [0.717, 1.165) is 5.56 Å². The molecular formula is C14H15ClFN3. The average molecular weight is 280 g/mol. The van der Waals surface area contributed by atoms with Crippen molar-refractivity contribution in [2.45, 2.75) is 12.5 Å². The van der Waals surface area contributed by atoms with E-state index in [9.17, 15) is 4.39 Å². The molecule has 2 rings (SSSR count). The van der Waals surface area contributed by atoms with Gasteiger partial charge in [0, 0.05) is 10.7 Å². The van der Waals surface area contributed by atoms with Crippen LogP contribution in [0.2, 0.25) is 5.02 Å². The largest absolute Gasteiger partial charge is 0.398 e. The van der Waals surface area contributed by atoms with Crippen LogP contribution in [-0.2, 0) is 6.42 Å². The van der Waals surface area contributed by atoms with Gasteiger partial charge in [-0.15, -0.1) is 0 Å². The van der Waals surface area contributed by atoms with E-state index in [1.807, 2.05) is 12.1 Å². The summed E-state index contributed by atoms with van der Waals surface area (Å²) in [5.74, 6) is 5.21. The van der Waals surface area contributed by atoms with Gasteiger partial charge in [-0.3, -0.25) is 11.3 Å².